The third kappa shape index (κ3) is 4.47. The first-order chi connectivity index (χ1) is 14.3. The van der Waals surface area contributed by atoms with Crippen molar-refractivity contribution in [2.75, 3.05) is 18.5 Å². The lowest BCUT2D eigenvalue weighted by molar-refractivity contribution is 0.292. The van der Waals surface area contributed by atoms with Gasteiger partial charge in [-0.2, -0.15) is 0 Å². The molecule has 2 aromatic heterocycles. The summed E-state index contributed by atoms with van der Waals surface area (Å²) in [7, 11) is 0. The molecular weight excluding hydrogens is 360 g/mol. The van der Waals surface area contributed by atoms with Crippen LogP contribution in [0.3, 0.4) is 0 Å². The van der Waals surface area contributed by atoms with E-state index >= 15 is 0 Å². The van der Waals surface area contributed by atoms with Crippen LogP contribution in [0.15, 0.2) is 48.8 Å². The van der Waals surface area contributed by atoms with E-state index in [1.807, 2.05) is 18.5 Å². The summed E-state index contributed by atoms with van der Waals surface area (Å²) in [5, 5.41) is 16.7. The number of allylic oxidation sites excluding steroid dienone is 2. The van der Waals surface area contributed by atoms with Crippen LogP contribution in [0.4, 0.5) is 11.5 Å². The standard InChI is InChI=1S/C24H28N4O/c1-17-21(19-6-3-2-4-7-19)8-5-9-22(17)28-24-23-20(10-11-26-24)14-18(16-27-23)15-25-12-13-29/h5-6,8-11,14,16,25,29H,2-4,7,12-13,15H2,1H3,(H,26,28). The molecule has 150 valence electrons. The second kappa shape index (κ2) is 9.16. The molecule has 0 amide bonds. The molecule has 2 heterocycles. The molecule has 29 heavy (non-hydrogen) atoms. The Morgan fingerprint density at radius 2 is 2.07 bits per heavy atom. The summed E-state index contributed by atoms with van der Waals surface area (Å²) in [5.74, 6) is 0.773. The van der Waals surface area contributed by atoms with Crippen molar-refractivity contribution in [2.24, 2.45) is 0 Å². The molecule has 0 radical (unpaired) electrons. The van der Waals surface area contributed by atoms with Crippen LogP contribution in [0, 0.1) is 6.92 Å². The summed E-state index contributed by atoms with van der Waals surface area (Å²) in [6.45, 7) is 3.57. The average molecular weight is 389 g/mol. The van der Waals surface area contributed by atoms with E-state index in [1.54, 1.807) is 0 Å². The normalized spacial score (nSPS) is 14.1. The molecule has 5 nitrogen and oxygen atoms in total. The van der Waals surface area contributed by atoms with Gasteiger partial charge in [-0.15, -0.1) is 0 Å². The van der Waals surface area contributed by atoms with Gasteiger partial charge < -0.3 is 15.7 Å². The van der Waals surface area contributed by atoms with Gasteiger partial charge in [-0.25, -0.2) is 4.98 Å². The van der Waals surface area contributed by atoms with Crippen LogP contribution in [0.25, 0.3) is 16.5 Å². The van der Waals surface area contributed by atoms with Gasteiger partial charge in [-0.05, 0) is 73.1 Å². The number of benzene rings is 1. The lowest BCUT2D eigenvalue weighted by atomic mass is 9.90. The van der Waals surface area contributed by atoms with Gasteiger partial charge in [-0.3, -0.25) is 4.98 Å². The molecule has 1 aliphatic carbocycles. The molecule has 1 aliphatic rings. The summed E-state index contributed by atoms with van der Waals surface area (Å²) in [5.41, 5.74) is 7.07. The van der Waals surface area contributed by atoms with Crippen molar-refractivity contribution in [2.45, 2.75) is 39.2 Å². The maximum Gasteiger partial charge on any atom is 0.156 e. The number of nitrogens with zero attached hydrogens (tertiary/aromatic N) is 2. The molecule has 3 N–H and O–H groups in total. The fourth-order valence-corrected chi connectivity index (χ4v) is 3.93. The number of rotatable bonds is 7. The Bertz CT molecular complexity index is 1030. The average Bonchev–Trinajstić information content (AvgIpc) is 2.76. The van der Waals surface area contributed by atoms with Crippen molar-refractivity contribution < 1.29 is 5.11 Å². The number of hydrogen-bond donors (Lipinski definition) is 3. The van der Waals surface area contributed by atoms with Crippen LogP contribution in [-0.2, 0) is 6.54 Å². The summed E-state index contributed by atoms with van der Waals surface area (Å²) in [6.07, 6.45) is 11.0. The van der Waals surface area contributed by atoms with Gasteiger partial charge in [0.05, 0.1) is 6.61 Å². The molecule has 0 bridgehead atoms. The van der Waals surface area contributed by atoms with E-state index < -0.39 is 0 Å². The van der Waals surface area contributed by atoms with Gasteiger partial charge >= 0.3 is 0 Å². The van der Waals surface area contributed by atoms with E-state index in [0.29, 0.717) is 13.1 Å². The minimum atomic E-state index is 0.133. The highest BCUT2D eigenvalue weighted by Gasteiger charge is 2.13. The van der Waals surface area contributed by atoms with E-state index in [0.717, 1.165) is 34.4 Å². The molecule has 0 spiro atoms. The Morgan fingerprint density at radius 3 is 2.90 bits per heavy atom. The molecule has 0 aliphatic heterocycles. The monoisotopic (exact) mass is 388 g/mol. The lowest BCUT2D eigenvalue weighted by Gasteiger charge is -2.18. The Morgan fingerprint density at radius 1 is 1.14 bits per heavy atom. The second-order valence-corrected chi connectivity index (χ2v) is 7.55. The number of aliphatic hydroxyl groups excluding tert-OH is 1. The largest absolute Gasteiger partial charge is 0.395 e. The van der Waals surface area contributed by atoms with Gasteiger partial charge in [0, 0.05) is 36.6 Å². The summed E-state index contributed by atoms with van der Waals surface area (Å²) < 4.78 is 0. The number of fused-ring (bicyclic) bond motifs is 1. The van der Waals surface area contributed by atoms with E-state index in [2.05, 4.69) is 57.9 Å². The van der Waals surface area contributed by atoms with Crippen LogP contribution >= 0.6 is 0 Å². The van der Waals surface area contributed by atoms with Crippen LogP contribution in [0.1, 0.15) is 42.4 Å². The predicted molar refractivity (Wildman–Crippen MR) is 119 cm³/mol. The fourth-order valence-electron chi connectivity index (χ4n) is 3.93. The summed E-state index contributed by atoms with van der Waals surface area (Å²) in [6, 6.07) is 10.5. The molecular formula is C24H28N4O. The molecule has 1 aromatic carbocycles. The summed E-state index contributed by atoms with van der Waals surface area (Å²) in [4.78, 5) is 9.21. The van der Waals surface area contributed by atoms with Crippen LogP contribution in [0.5, 0.6) is 0 Å². The first kappa shape index (κ1) is 19.6. The SMILES string of the molecule is Cc1c(Nc2nccc3cc(CNCCO)cnc23)cccc1C1=CCCCC1. The molecule has 3 aromatic rings. The second-order valence-electron chi connectivity index (χ2n) is 7.55. The minimum Gasteiger partial charge on any atom is -0.395 e. The maximum atomic E-state index is 8.92. The molecule has 5 heteroatoms. The number of pyridine rings is 2. The van der Waals surface area contributed by atoms with E-state index in [4.69, 9.17) is 5.11 Å². The topological polar surface area (TPSA) is 70.1 Å². The van der Waals surface area contributed by atoms with Crippen molar-refractivity contribution >= 4 is 28.0 Å². The number of nitrogens with one attached hydrogen (secondary N) is 2. The fraction of sp³-hybridized carbons (Fsp3) is 0.333. The van der Waals surface area contributed by atoms with E-state index in [1.165, 1.54) is 36.0 Å². The predicted octanol–water partition coefficient (Wildman–Crippen LogP) is 4.72. The van der Waals surface area contributed by atoms with Crippen molar-refractivity contribution in [3.63, 3.8) is 0 Å². The maximum absolute atomic E-state index is 8.92. The highest BCUT2D eigenvalue weighted by Crippen LogP contribution is 2.33. The van der Waals surface area contributed by atoms with Gasteiger partial charge in [0.25, 0.3) is 0 Å². The van der Waals surface area contributed by atoms with Gasteiger partial charge in [0.1, 0.15) is 5.52 Å². The number of aliphatic hydroxyl groups is 1. The lowest BCUT2D eigenvalue weighted by Crippen LogP contribution is -2.17. The van der Waals surface area contributed by atoms with E-state index in [-0.39, 0.29) is 6.61 Å². The Labute approximate surface area is 171 Å². The zero-order valence-electron chi connectivity index (χ0n) is 16.9. The molecule has 0 unspecified atom stereocenters. The zero-order chi connectivity index (χ0) is 20.1. The van der Waals surface area contributed by atoms with Crippen molar-refractivity contribution in [3.05, 3.63) is 65.5 Å². The van der Waals surface area contributed by atoms with Crippen molar-refractivity contribution in [3.8, 4) is 0 Å². The quantitative estimate of drug-likeness (QED) is 0.511. The minimum absolute atomic E-state index is 0.133. The number of anilines is 2. The molecule has 0 saturated carbocycles. The third-order valence-corrected chi connectivity index (χ3v) is 5.50. The summed E-state index contributed by atoms with van der Waals surface area (Å²) >= 11 is 0. The number of aromatic nitrogens is 2. The Kier molecular flexibility index (Phi) is 6.17. The Hall–Kier alpha value is -2.76. The van der Waals surface area contributed by atoms with Crippen LogP contribution < -0.4 is 10.6 Å². The molecule has 0 atom stereocenters. The number of hydrogen-bond acceptors (Lipinski definition) is 5. The smallest absolute Gasteiger partial charge is 0.156 e. The Balaban J connectivity index is 1.62. The molecule has 4 rings (SSSR count). The first-order valence-corrected chi connectivity index (χ1v) is 10.4. The molecule has 0 fully saturated rings. The highest BCUT2D eigenvalue weighted by atomic mass is 16.3. The first-order valence-electron chi connectivity index (χ1n) is 10.4. The van der Waals surface area contributed by atoms with Crippen molar-refractivity contribution in [1.29, 1.82) is 0 Å². The van der Waals surface area contributed by atoms with Gasteiger partial charge in [0.2, 0.25) is 0 Å². The van der Waals surface area contributed by atoms with Crippen molar-refractivity contribution in [1.82, 2.24) is 15.3 Å². The van der Waals surface area contributed by atoms with E-state index in [9.17, 15) is 0 Å². The zero-order valence-corrected chi connectivity index (χ0v) is 16.9. The highest BCUT2D eigenvalue weighted by molar-refractivity contribution is 5.90. The van der Waals surface area contributed by atoms with Crippen LogP contribution in [0.2, 0.25) is 0 Å². The molecule has 0 saturated heterocycles. The third-order valence-electron chi connectivity index (χ3n) is 5.50. The van der Waals surface area contributed by atoms with Gasteiger partial charge in [0.15, 0.2) is 5.82 Å². The van der Waals surface area contributed by atoms with Gasteiger partial charge in [-0.1, -0.05) is 18.2 Å². The van der Waals surface area contributed by atoms with Crippen LogP contribution in [-0.4, -0.2) is 28.2 Å².